The van der Waals surface area contributed by atoms with E-state index in [0.29, 0.717) is 26.5 Å². The molecule has 0 aromatic heterocycles. The zero-order chi connectivity index (χ0) is 14.5. The predicted octanol–water partition coefficient (Wildman–Crippen LogP) is 4.66. The van der Waals surface area contributed by atoms with Crippen molar-refractivity contribution in [3.05, 3.63) is 57.5 Å². The van der Waals surface area contributed by atoms with Crippen LogP contribution in [0.4, 0.5) is 5.69 Å². The Morgan fingerprint density at radius 2 is 1.85 bits per heavy atom. The van der Waals surface area contributed by atoms with Gasteiger partial charge >= 0.3 is 0 Å². The minimum absolute atomic E-state index is 0.124. The maximum absolute atomic E-state index is 11.7. The zero-order valence-electron chi connectivity index (χ0n) is 10.2. The number of hydrogen-bond acceptors (Lipinski definition) is 2. The van der Waals surface area contributed by atoms with Crippen molar-refractivity contribution in [3.63, 3.8) is 0 Å². The quantitative estimate of drug-likeness (QED) is 0.885. The lowest BCUT2D eigenvalue weighted by Gasteiger charge is -2.08. The van der Waals surface area contributed by atoms with Crippen molar-refractivity contribution in [2.75, 3.05) is 11.9 Å². The van der Waals surface area contributed by atoms with Gasteiger partial charge in [-0.05, 0) is 36.4 Å². The van der Waals surface area contributed by atoms with Crippen LogP contribution in [0.5, 0.6) is 5.75 Å². The highest BCUT2D eigenvalue weighted by molar-refractivity contribution is 6.42. The minimum atomic E-state index is -0.302. The summed E-state index contributed by atoms with van der Waals surface area (Å²) in [6.07, 6.45) is 0. The van der Waals surface area contributed by atoms with Crippen LogP contribution in [0.3, 0.4) is 0 Å². The molecule has 0 aliphatic carbocycles. The first-order valence-electron chi connectivity index (χ1n) is 5.68. The van der Waals surface area contributed by atoms with Crippen LogP contribution in [0.1, 0.15) is 0 Å². The Morgan fingerprint density at radius 1 is 1.05 bits per heavy atom. The monoisotopic (exact) mass is 329 g/mol. The molecule has 104 valence electrons. The summed E-state index contributed by atoms with van der Waals surface area (Å²) in [5.74, 6) is 0.227. The second kappa shape index (κ2) is 6.84. The predicted molar refractivity (Wildman–Crippen MR) is 82.0 cm³/mol. The lowest BCUT2D eigenvalue weighted by atomic mass is 10.3. The van der Waals surface area contributed by atoms with Crippen LogP contribution in [0.2, 0.25) is 15.1 Å². The Hall–Kier alpha value is -1.42. The van der Waals surface area contributed by atoms with Gasteiger partial charge in [0.1, 0.15) is 5.75 Å². The average molecular weight is 331 g/mol. The molecule has 0 radical (unpaired) electrons. The normalized spacial score (nSPS) is 10.2. The molecule has 0 aliphatic rings. The van der Waals surface area contributed by atoms with E-state index in [1.807, 2.05) is 0 Å². The van der Waals surface area contributed by atoms with Gasteiger partial charge in [0.2, 0.25) is 0 Å². The van der Waals surface area contributed by atoms with Crippen LogP contribution in [-0.4, -0.2) is 12.5 Å². The summed E-state index contributed by atoms with van der Waals surface area (Å²) in [6.45, 7) is -0.124. The number of carbonyl (C=O) groups excluding carboxylic acids is 1. The highest BCUT2D eigenvalue weighted by Gasteiger charge is 2.06. The highest BCUT2D eigenvalue weighted by Crippen LogP contribution is 2.25. The summed E-state index contributed by atoms with van der Waals surface area (Å²) >= 11 is 17.5. The zero-order valence-corrected chi connectivity index (χ0v) is 12.5. The Balaban J connectivity index is 1.91. The second-order valence-corrected chi connectivity index (χ2v) is 5.17. The summed E-state index contributed by atoms with van der Waals surface area (Å²) < 4.78 is 5.32. The van der Waals surface area contributed by atoms with Crippen molar-refractivity contribution in [3.8, 4) is 5.75 Å². The number of benzene rings is 2. The molecule has 2 rings (SSSR count). The number of nitrogens with one attached hydrogen (secondary N) is 1. The number of hydrogen-bond donors (Lipinski definition) is 1. The van der Waals surface area contributed by atoms with Crippen molar-refractivity contribution >= 4 is 46.4 Å². The van der Waals surface area contributed by atoms with Crippen LogP contribution < -0.4 is 10.1 Å². The molecule has 0 unspecified atom stereocenters. The molecule has 0 bridgehead atoms. The fraction of sp³-hybridized carbons (Fsp3) is 0.0714. The molecule has 0 aliphatic heterocycles. The van der Waals surface area contributed by atoms with E-state index in [-0.39, 0.29) is 12.5 Å². The topological polar surface area (TPSA) is 38.3 Å². The maximum atomic E-state index is 11.7. The van der Waals surface area contributed by atoms with E-state index < -0.39 is 0 Å². The summed E-state index contributed by atoms with van der Waals surface area (Å²) in [5.41, 5.74) is 0.555. The van der Waals surface area contributed by atoms with Gasteiger partial charge in [0.25, 0.3) is 5.91 Å². The van der Waals surface area contributed by atoms with Crippen LogP contribution in [-0.2, 0) is 4.79 Å². The van der Waals surface area contributed by atoms with Crippen LogP contribution in [0.25, 0.3) is 0 Å². The molecular formula is C14H10Cl3NO2. The summed E-state index contributed by atoms with van der Waals surface area (Å²) in [4.78, 5) is 11.7. The largest absolute Gasteiger partial charge is 0.484 e. The van der Waals surface area contributed by atoms with Crippen LogP contribution in [0, 0.1) is 0 Å². The molecule has 2 aromatic carbocycles. The van der Waals surface area contributed by atoms with E-state index in [9.17, 15) is 4.79 Å². The summed E-state index contributed by atoms with van der Waals surface area (Å²) in [7, 11) is 0. The SMILES string of the molecule is O=C(COc1cccc(Cl)c1)Nc1ccc(Cl)c(Cl)c1. The molecule has 0 saturated heterocycles. The molecule has 0 fully saturated rings. The molecule has 0 heterocycles. The molecule has 2 aromatic rings. The third-order valence-electron chi connectivity index (χ3n) is 2.37. The Labute approximate surface area is 131 Å². The van der Waals surface area contributed by atoms with Crippen molar-refractivity contribution in [2.24, 2.45) is 0 Å². The number of carbonyl (C=O) groups is 1. The van der Waals surface area contributed by atoms with Crippen molar-refractivity contribution in [1.82, 2.24) is 0 Å². The number of halogens is 3. The molecule has 20 heavy (non-hydrogen) atoms. The third-order valence-corrected chi connectivity index (χ3v) is 3.34. The van der Waals surface area contributed by atoms with E-state index in [4.69, 9.17) is 39.5 Å². The van der Waals surface area contributed by atoms with Gasteiger partial charge in [0.05, 0.1) is 10.0 Å². The smallest absolute Gasteiger partial charge is 0.262 e. The van der Waals surface area contributed by atoms with Crippen molar-refractivity contribution < 1.29 is 9.53 Å². The molecule has 0 atom stereocenters. The fourth-order valence-corrected chi connectivity index (χ4v) is 1.95. The number of amides is 1. The fourth-order valence-electron chi connectivity index (χ4n) is 1.48. The lowest BCUT2D eigenvalue weighted by molar-refractivity contribution is -0.118. The summed E-state index contributed by atoms with van der Waals surface area (Å²) in [5, 5.41) is 4.01. The van der Waals surface area contributed by atoms with E-state index >= 15 is 0 Å². The number of ether oxygens (including phenoxy) is 1. The highest BCUT2D eigenvalue weighted by atomic mass is 35.5. The van der Waals surface area contributed by atoms with E-state index in [2.05, 4.69) is 5.32 Å². The van der Waals surface area contributed by atoms with E-state index in [1.165, 1.54) is 0 Å². The Bertz CT molecular complexity index is 632. The van der Waals surface area contributed by atoms with Crippen LogP contribution in [0.15, 0.2) is 42.5 Å². The van der Waals surface area contributed by atoms with Crippen molar-refractivity contribution in [1.29, 1.82) is 0 Å². The molecule has 1 amide bonds. The molecule has 6 heteroatoms. The van der Waals surface area contributed by atoms with Gasteiger partial charge in [-0.15, -0.1) is 0 Å². The van der Waals surface area contributed by atoms with Gasteiger partial charge in [-0.2, -0.15) is 0 Å². The minimum Gasteiger partial charge on any atom is -0.484 e. The van der Waals surface area contributed by atoms with Gasteiger partial charge in [-0.25, -0.2) is 0 Å². The molecule has 3 nitrogen and oxygen atoms in total. The first-order chi connectivity index (χ1) is 9.54. The maximum Gasteiger partial charge on any atom is 0.262 e. The van der Waals surface area contributed by atoms with Crippen molar-refractivity contribution in [2.45, 2.75) is 0 Å². The van der Waals surface area contributed by atoms with Gasteiger partial charge in [0.15, 0.2) is 6.61 Å². The van der Waals surface area contributed by atoms with Crippen LogP contribution >= 0.6 is 34.8 Å². The van der Waals surface area contributed by atoms with E-state index in [0.717, 1.165) is 0 Å². The summed E-state index contributed by atoms with van der Waals surface area (Å²) in [6, 6.07) is 11.7. The molecule has 0 saturated carbocycles. The van der Waals surface area contributed by atoms with E-state index in [1.54, 1.807) is 42.5 Å². The Morgan fingerprint density at radius 3 is 2.55 bits per heavy atom. The second-order valence-electron chi connectivity index (χ2n) is 3.92. The first kappa shape index (κ1) is 15.0. The van der Waals surface area contributed by atoms with Gasteiger partial charge < -0.3 is 10.1 Å². The van der Waals surface area contributed by atoms with Gasteiger partial charge in [-0.3, -0.25) is 4.79 Å². The molecule has 1 N–H and O–H groups in total. The molecule has 0 spiro atoms. The standard InChI is InChI=1S/C14H10Cl3NO2/c15-9-2-1-3-11(6-9)20-8-14(19)18-10-4-5-12(16)13(17)7-10/h1-7H,8H2,(H,18,19). The Kier molecular flexibility index (Phi) is 5.12. The average Bonchev–Trinajstić information content (AvgIpc) is 2.41. The lowest BCUT2D eigenvalue weighted by Crippen LogP contribution is -2.20. The number of rotatable bonds is 4. The van der Waals surface area contributed by atoms with Gasteiger partial charge in [-0.1, -0.05) is 40.9 Å². The third kappa shape index (κ3) is 4.30. The first-order valence-corrected chi connectivity index (χ1v) is 6.81. The van der Waals surface area contributed by atoms with Gasteiger partial charge in [0, 0.05) is 10.7 Å². The molecular weight excluding hydrogens is 321 g/mol. The number of anilines is 1.